The fourth-order valence-electron chi connectivity index (χ4n) is 3.45. The van der Waals surface area contributed by atoms with Gasteiger partial charge in [0.1, 0.15) is 17.9 Å². The smallest absolute Gasteiger partial charge is 0.250 e. The minimum absolute atomic E-state index is 0.245. The molecule has 1 aliphatic heterocycles. The van der Waals surface area contributed by atoms with Crippen LogP contribution in [0.1, 0.15) is 19.4 Å². The van der Waals surface area contributed by atoms with E-state index in [0.717, 1.165) is 35.4 Å². The molecule has 0 atom stereocenters. The van der Waals surface area contributed by atoms with Gasteiger partial charge < -0.3 is 15.0 Å². The molecule has 2 aromatic carbocycles. The summed E-state index contributed by atoms with van der Waals surface area (Å²) in [6.45, 7) is 8.62. The van der Waals surface area contributed by atoms with Crippen molar-refractivity contribution < 1.29 is 9.53 Å². The number of anilines is 3. The predicted octanol–water partition coefficient (Wildman–Crippen LogP) is 4.24. The minimum Gasteiger partial charge on any atom is -0.492 e. The molecule has 0 spiro atoms. The number of hydrogen-bond donors (Lipinski definition) is 1. The third kappa shape index (κ3) is 3.17. The van der Waals surface area contributed by atoms with Crippen molar-refractivity contribution in [1.29, 1.82) is 0 Å². The predicted molar refractivity (Wildman–Crippen MR) is 111 cm³/mol. The molecular formula is C22H22N4O2. The summed E-state index contributed by atoms with van der Waals surface area (Å²) in [6, 6.07) is 12.1. The minimum atomic E-state index is -0.245. The van der Waals surface area contributed by atoms with Gasteiger partial charge >= 0.3 is 0 Å². The standard InChI is InChI=1S/C22H22N4O2/c1-4-28-20-12-17-16(11-18(20)25-22(27)14(2)3)21(24-13-23-17)26-10-9-15-7-5-6-8-19(15)26/h5-8,11-13H,2,4,9-10H2,1,3H3,(H,25,27). The average molecular weight is 374 g/mol. The highest BCUT2D eigenvalue weighted by atomic mass is 16.5. The number of nitrogens with zero attached hydrogens (tertiary/aromatic N) is 3. The summed E-state index contributed by atoms with van der Waals surface area (Å²) in [5, 5.41) is 3.75. The highest BCUT2D eigenvalue weighted by molar-refractivity contribution is 6.06. The van der Waals surface area contributed by atoms with Crippen LogP contribution in [0.25, 0.3) is 10.9 Å². The number of hydrogen-bond acceptors (Lipinski definition) is 5. The number of nitrogens with one attached hydrogen (secondary N) is 1. The summed E-state index contributed by atoms with van der Waals surface area (Å²) in [4.78, 5) is 23.4. The van der Waals surface area contributed by atoms with Crippen LogP contribution in [0, 0.1) is 0 Å². The number of rotatable bonds is 5. The van der Waals surface area contributed by atoms with Crippen LogP contribution in [0.5, 0.6) is 5.75 Å². The lowest BCUT2D eigenvalue weighted by Crippen LogP contribution is -2.16. The molecule has 1 aromatic heterocycles. The lowest BCUT2D eigenvalue weighted by molar-refractivity contribution is -0.112. The molecule has 0 radical (unpaired) electrons. The number of benzene rings is 2. The van der Waals surface area contributed by atoms with E-state index in [2.05, 4.69) is 45.0 Å². The molecule has 0 aliphatic carbocycles. The van der Waals surface area contributed by atoms with Crippen molar-refractivity contribution in [3.63, 3.8) is 0 Å². The first-order valence-electron chi connectivity index (χ1n) is 9.32. The van der Waals surface area contributed by atoms with Crippen LogP contribution in [-0.4, -0.2) is 29.0 Å². The van der Waals surface area contributed by atoms with Crippen molar-refractivity contribution in [2.75, 3.05) is 23.4 Å². The molecule has 28 heavy (non-hydrogen) atoms. The van der Waals surface area contributed by atoms with Gasteiger partial charge in [-0.2, -0.15) is 0 Å². The van der Waals surface area contributed by atoms with Crippen molar-refractivity contribution in [1.82, 2.24) is 9.97 Å². The maximum Gasteiger partial charge on any atom is 0.250 e. The second-order valence-electron chi connectivity index (χ2n) is 6.76. The van der Waals surface area contributed by atoms with Crippen molar-refractivity contribution in [3.05, 3.63) is 60.4 Å². The zero-order valence-corrected chi connectivity index (χ0v) is 16.0. The van der Waals surface area contributed by atoms with Gasteiger partial charge in [0.05, 0.1) is 17.8 Å². The van der Waals surface area contributed by atoms with Gasteiger partial charge in [0.15, 0.2) is 0 Å². The third-order valence-corrected chi connectivity index (χ3v) is 4.79. The second-order valence-corrected chi connectivity index (χ2v) is 6.76. The van der Waals surface area contributed by atoms with Gasteiger partial charge in [0.2, 0.25) is 0 Å². The molecule has 0 unspecified atom stereocenters. The van der Waals surface area contributed by atoms with E-state index in [9.17, 15) is 4.79 Å². The summed E-state index contributed by atoms with van der Waals surface area (Å²) < 4.78 is 5.73. The van der Waals surface area contributed by atoms with E-state index in [0.29, 0.717) is 23.6 Å². The first-order chi connectivity index (χ1) is 13.6. The number of amides is 1. The third-order valence-electron chi connectivity index (χ3n) is 4.79. The zero-order valence-electron chi connectivity index (χ0n) is 16.0. The summed E-state index contributed by atoms with van der Waals surface area (Å²) in [6.07, 6.45) is 2.54. The molecule has 2 heterocycles. The van der Waals surface area contributed by atoms with E-state index in [1.165, 1.54) is 5.56 Å². The van der Waals surface area contributed by atoms with E-state index in [1.54, 1.807) is 13.3 Å². The first kappa shape index (κ1) is 18.0. The van der Waals surface area contributed by atoms with E-state index in [1.807, 2.05) is 25.1 Å². The number of carbonyl (C=O) groups is 1. The first-order valence-corrected chi connectivity index (χ1v) is 9.32. The molecule has 6 heteroatoms. The SMILES string of the molecule is C=C(C)C(=O)Nc1cc2c(N3CCc4ccccc43)ncnc2cc1OCC. The van der Waals surface area contributed by atoms with Gasteiger partial charge in [-0.3, -0.25) is 4.79 Å². The van der Waals surface area contributed by atoms with E-state index >= 15 is 0 Å². The van der Waals surface area contributed by atoms with Crippen LogP contribution in [0.4, 0.5) is 17.2 Å². The summed E-state index contributed by atoms with van der Waals surface area (Å²) in [5.74, 6) is 1.16. The van der Waals surface area contributed by atoms with Crippen LogP contribution >= 0.6 is 0 Å². The van der Waals surface area contributed by atoms with Gasteiger partial charge in [-0.1, -0.05) is 24.8 Å². The van der Waals surface area contributed by atoms with Crippen molar-refractivity contribution in [2.45, 2.75) is 20.3 Å². The Balaban J connectivity index is 1.85. The average Bonchev–Trinajstić information content (AvgIpc) is 3.12. The summed E-state index contributed by atoms with van der Waals surface area (Å²) >= 11 is 0. The Hall–Kier alpha value is -3.41. The number of para-hydroxylation sites is 1. The zero-order chi connectivity index (χ0) is 19.7. The van der Waals surface area contributed by atoms with Gasteiger partial charge in [0, 0.05) is 29.3 Å². The number of aromatic nitrogens is 2. The molecule has 0 bridgehead atoms. The van der Waals surface area contributed by atoms with Gasteiger partial charge in [-0.25, -0.2) is 9.97 Å². The number of fused-ring (bicyclic) bond motifs is 2. The molecule has 0 saturated heterocycles. The van der Waals surface area contributed by atoms with Crippen molar-refractivity contribution in [3.8, 4) is 5.75 Å². The Morgan fingerprint density at radius 2 is 2.11 bits per heavy atom. The van der Waals surface area contributed by atoms with E-state index < -0.39 is 0 Å². The molecule has 4 rings (SSSR count). The normalized spacial score (nSPS) is 12.7. The van der Waals surface area contributed by atoms with Crippen molar-refractivity contribution in [2.24, 2.45) is 0 Å². The maximum absolute atomic E-state index is 12.2. The van der Waals surface area contributed by atoms with E-state index in [-0.39, 0.29) is 5.91 Å². The van der Waals surface area contributed by atoms with Crippen LogP contribution < -0.4 is 15.0 Å². The fraction of sp³-hybridized carbons (Fsp3) is 0.227. The van der Waals surface area contributed by atoms with Crippen LogP contribution in [0.3, 0.4) is 0 Å². The molecule has 142 valence electrons. The summed E-state index contributed by atoms with van der Waals surface area (Å²) in [5.41, 5.74) is 4.25. The lowest BCUT2D eigenvalue weighted by atomic mass is 10.1. The highest BCUT2D eigenvalue weighted by Crippen LogP contribution is 2.39. The molecule has 1 aliphatic rings. The van der Waals surface area contributed by atoms with Gasteiger partial charge in [-0.05, 0) is 38.0 Å². The molecule has 1 amide bonds. The molecule has 0 saturated carbocycles. The van der Waals surface area contributed by atoms with Crippen LogP contribution in [-0.2, 0) is 11.2 Å². The Labute approximate surface area is 163 Å². The lowest BCUT2D eigenvalue weighted by Gasteiger charge is -2.21. The summed E-state index contributed by atoms with van der Waals surface area (Å²) in [7, 11) is 0. The Morgan fingerprint density at radius 3 is 2.89 bits per heavy atom. The van der Waals surface area contributed by atoms with Gasteiger partial charge in [0.25, 0.3) is 5.91 Å². The maximum atomic E-state index is 12.2. The monoisotopic (exact) mass is 374 g/mol. The Morgan fingerprint density at radius 1 is 1.29 bits per heavy atom. The van der Waals surface area contributed by atoms with Gasteiger partial charge in [-0.15, -0.1) is 0 Å². The molecular weight excluding hydrogens is 352 g/mol. The highest BCUT2D eigenvalue weighted by Gasteiger charge is 2.23. The second kappa shape index (κ2) is 7.31. The quantitative estimate of drug-likeness (QED) is 0.677. The van der Waals surface area contributed by atoms with Crippen LogP contribution in [0.15, 0.2) is 54.9 Å². The largest absolute Gasteiger partial charge is 0.492 e. The number of carbonyl (C=O) groups excluding carboxylic acids is 1. The topological polar surface area (TPSA) is 67.4 Å². The fourth-order valence-corrected chi connectivity index (χ4v) is 3.45. The molecule has 1 N–H and O–H groups in total. The van der Waals surface area contributed by atoms with Crippen LogP contribution in [0.2, 0.25) is 0 Å². The van der Waals surface area contributed by atoms with E-state index in [4.69, 9.17) is 4.74 Å². The molecule has 3 aromatic rings. The molecule has 0 fully saturated rings. The Kier molecular flexibility index (Phi) is 4.69. The molecule has 6 nitrogen and oxygen atoms in total. The van der Waals surface area contributed by atoms with Crippen molar-refractivity contribution >= 4 is 34.0 Å². The Bertz CT molecular complexity index is 1080. The number of ether oxygens (including phenoxy) is 1.